The fourth-order valence-corrected chi connectivity index (χ4v) is 7.12. The Labute approximate surface area is 289 Å². The number of fused-ring (bicyclic) bond motifs is 5. The minimum Gasteiger partial charge on any atom is -0.404 e. The number of carbonyl (C=O) groups is 3. The minimum atomic E-state index is -4.90. The van der Waals surface area contributed by atoms with Crippen LogP contribution >= 0.6 is 32.1 Å². The number of alkyl halides is 1. The summed E-state index contributed by atoms with van der Waals surface area (Å²) in [6.07, 6.45) is 0.291. The monoisotopic (exact) mass is 717 g/mol. The van der Waals surface area contributed by atoms with Crippen LogP contribution in [0, 0.1) is 0 Å². The smallest absolute Gasteiger partial charge is 0.404 e. The Morgan fingerprint density at radius 1 is 0.898 bits per heavy atom. The van der Waals surface area contributed by atoms with Crippen molar-refractivity contribution in [1.29, 1.82) is 0 Å². The summed E-state index contributed by atoms with van der Waals surface area (Å²) in [5, 5.41) is 8.32. The van der Waals surface area contributed by atoms with Gasteiger partial charge in [0.2, 0.25) is 5.91 Å². The molecule has 0 radical (unpaired) electrons. The maximum atomic E-state index is 14.0. The van der Waals surface area contributed by atoms with Crippen molar-refractivity contribution in [2.45, 2.75) is 12.3 Å². The second-order valence-corrected chi connectivity index (χ2v) is 13.6. The van der Waals surface area contributed by atoms with Crippen LogP contribution in [0.25, 0.3) is 32.6 Å². The molecule has 49 heavy (non-hydrogen) atoms. The van der Waals surface area contributed by atoms with E-state index in [-0.39, 0.29) is 47.5 Å². The molecule has 0 bridgehead atoms. The molecule has 4 aromatic carbocycles. The van der Waals surface area contributed by atoms with E-state index in [1.807, 2.05) is 6.07 Å². The molecule has 6 N–H and O–H groups in total. The largest absolute Gasteiger partial charge is 0.524 e. The highest BCUT2D eigenvalue weighted by molar-refractivity contribution is 7.80. The van der Waals surface area contributed by atoms with Crippen LogP contribution in [0.4, 0.5) is 17.1 Å². The molecular formula is C34H29ClN5O7PS. The number of aromatic nitrogens is 2. The topological polar surface area (TPSA) is 177 Å². The second kappa shape index (κ2) is 12.9. The highest BCUT2D eigenvalue weighted by atomic mass is 35.5. The number of H-pyrrole nitrogens is 2. The number of aromatic amines is 2. The lowest BCUT2D eigenvalue weighted by molar-refractivity contribution is -0.115. The first-order valence-corrected chi connectivity index (χ1v) is 17.9. The van der Waals surface area contributed by atoms with Crippen molar-refractivity contribution < 1.29 is 33.3 Å². The van der Waals surface area contributed by atoms with Crippen molar-refractivity contribution in [1.82, 2.24) is 9.97 Å². The molecule has 0 saturated heterocycles. The van der Waals surface area contributed by atoms with E-state index < -0.39 is 7.82 Å². The van der Waals surface area contributed by atoms with Crippen LogP contribution in [0.15, 0.2) is 78.9 Å². The predicted molar refractivity (Wildman–Crippen MR) is 193 cm³/mol. The van der Waals surface area contributed by atoms with E-state index in [1.165, 1.54) is 11.0 Å². The molecule has 1 aliphatic heterocycles. The third-order valence-electron chi connectivity index (χ3n) is 8.37. The summed E-state index contributed by atoms with van der Waals surface area (Å²) in [4.78, 5) is 66.0. The number of phosphoric ester groups is 1. The summed E-state index contributed by atoms with van der Waals surface area (Å²) < 4.78 is 16.8. The first kappa shape index (κ1) is 32.8. The third kappa shape index (κ3) is 6.51. The molecule has 0 spiro atoms. The van der Waals surface area contributed by atoms with Crippen LogP contribution in [0.2, 0.25) is 0 Å². The van der Waals surface area contributed by atoms with E-state index >= 15 is 0 Å². The molecule has 7 rings (SSSR count). The average Bonchev–Trinajstić information content (AvgIpc) is 3.79. The van der Waals surface area contributed by atoms with Crippen molar-refractivity contribution in [3.63, 3.8) is 0 Å². The maximum absolute atomic E-state index is 14.0. The molecule has 12 nitrogen and oxygen atoms in total. The molecule has 250 valence electrons. The van der Waals surface area contributed by atoms with E-state index in [9.17, 15) is 28.7 Å². The van der Waals surface area contributed by atoms with Crippen LogP contribution in [0.5, 0.6) is 5.75 Å². The molecule has 1 aliphatic rings. The van der Waals surface area contributed by atoms with Gasteiger partial charge in [-0.1, -0.05) is 24.3 Å². The second-order valence-electron chi connectivity index (χ2n) is 11.6. The third-order valence-corrected chi connectivity index (χ3v) is 9.40. The highest BCUT2D eigenvalue weighted by Gasteiger charge is 2.36. The van der Waals surface area contributed by atoms with Gasteiger partial charge in [-0.3, -0.25) is 24.2 Å². The Morgan fingerprint density at radius 2 is 1.53 bits per heavy atom. The van der Waals surface area contributed by atoms with Gasteiger partial charge in [0, 0.05) is 69.4 Å². The zero-order valence-corrected chi connectivity index (χ0v) is 28.1. The van der Waals surface area contributed by atoms with Gasteiger partial charge in [0.1, 0.15) is 17.1 Å². The van der Waals surface area contributed by atoms with E-state index in [1.54, 1.807) is 66.7 Å². The van der Waals surface area contributed by atoms with Crippen LogP contribution in [-0.4, -0.2) is 55.7 Å². The van der Waals surface area contributed by atoms with Crippen LogP contribution in [-0.2, 0) is 9.36 Å². The Balaban J connectivity index is 1.14. The number of anilines is 3. The van der Waals surface area contributed by atoms with E-state index in [0.717, 1.165) is 16.5 Å². The first-order chi connectivity index (χ1) is 23.5. The molecule has 3 heterocycles. The molecular weight excluding hydrogens is 689 g/mol. The van der Waals surface area contributed by atoms with Crippen LogP contribution in [0.3, 0.4) is 0 Å². The average molecular weight is 718 g/mol. The summed E-state index contributed by atoms with van der Waals surface area (Å²) in [6, 6.07) is 22.5. The number of thiol groups is 1. The minimum absolute atomic E-state index is 0.0424. The SMILES string of the molecule is O=C(CCS)Nc1ccc2[nH]c(C(=O)Nc3ccc4[nH]c(C(=O)N5C[C@@H](CCl)c6c5cc(OP(=O)(O)O)c5ccccc65)cc4c3)cc2c1. The molecule has 0 saturated carbocycles. The molecule has 2 aromatic heterocycles. The zero-order chi connectivity index (χ0) is 34.4. The van der Waals surface area contributed by atoms with E-state index in [4.69, 9.17) is 16.1 Å². The van der Waals surface area contributed by atoms with Crippen molar-refractivity contribution >= 4 is 99.4 Å². The van der Waals surface area contributed by atoms with Crippen molar-refractivity contribution in [3.05, 3.63) is 95.8 Å². The van der Waals surface area contributed by atoms with Crippen molar-refractivity contribution in [3.8, 4) is 5.75 Å². The fraction of sp³-hybridized carbons (Fsp3) is 0.147. The number of benzene rings is 4. The Kier molecular flexibility index (Phi) is 8.64. The number of nitrogens with one attached hydrogen (secondary N) is 4. The first-order valence-electron chi connectivity index (χ1n) is 15.2. The van der Waals surface area contributed by atoms with Gasteiger partial charge < -0.3 is 30.0 Å². The number of nitrogens with zero attached hydrogens (tertiary/aromatic N) is 1. The standard InChI is InChI=1S/C34H29ClN5O7PS/c35-16-20-17-40(29-15-30(47-48(44,45)46)23-3-1-2-4-24(23)32(20)29)34(43)28-14-19-12-22(6-8-26(19)39-28)37-33(42)27-13-18-11-21(5-7-25(18)38-27)36-31(41)9-10-49/h1-8,11-15,20,38-39,49H,9-10,16-17H2,(H,36,41)(H,37,42)(H2,44,45,46)/t20-/m1/s1. The quantitative estimate of drug-likeness (QED) is 0.0490. The number of halogens is 1. The summed E-state index contributed by atoms with van der Waals surface area (Å²) >= 11 is 10.5. The van der Waals surface area contributed by atoms with Gasteiger partial charge >= 0.3 is 7.82 Å². The molecule has 15 heteroatoms. The number of carbonyl (C=O) groups excluding carboxylic acids is 3. The Morgan fingerprint density at radius 3 is 2.18 bits per heavy atom. The molecule has 6 aromatic rings. The summed E-state index contributed by atoms with van der Waals surface area (Å²) in [5.74, 6) is -0.493. The lowest BCUT2D eigenvalue weighted by Gasteiger charge is -2.19. The normalized spacial score (nSPS) is 14.4. The Hall–Kier alpha value is -4.78. The molecule has 3 amide bonds. The van der Waals surface area contributed by atoms with Gasteiger partial charge in [-0.2, -0.15) is 12.6 Å². The van der Waals surface area contributed by atoms with Crippen LogP contribution in [0.1, 0.15) is 38.9 Å². The number of rotatable bonds is 9. The van der Waals surface area contributed by atoms with Crippen molar-refractivity contribution in [2.24, 2.45) is 0 Å². The summed E-state index contributed by atoms with van der Waals surface area (Å²) in [5.41, 5.74) is 4.37. The number of phosphoric acid groups is 1. The number of hydrogen-bond acceptors (Lipinski definition) is 6. The molecule has 1 atom stereocenters. The van der Waals surface area contributed by atoms with E-state index in [2.05, 4.69) is 33.2 Å². The van der Waals surface area contributed by atoms with Gasteiger partial charge in [0.25, 0.3) is 11.8 Å². The highest BCUT2D eigenvalue weighted by Crippen LogP contribution is 2.49. The predicted octanol–water partition coefficient (Wildman–Crippen LogP) is 6.77. The maximum Gasteiger partial charge on any atom is 0.524 e. The lowest BCUT2D eigenvalue weighted by atomic mass is 9.95. The van der Waals surface area contributed by atoms with Crippen LogP contribution < -0.4 is 20.1 Å². The van der Waals surface area contributed by atoms with Gasteiger partial charge in [-0.05, 0) is 65.2 Å². The van der Waals surface area contributed by atoms with Gasteiger partial charge in [-0.25, -0.2) is 4.57 Å². The summed E-state index contributed by atoms with van der Waals surface area (Å²) in [7, 11) is -4.90. The molecule has 0 unspecified atom stereocenters. The van der Waals surface area contributed by atoms with Gasteiger partial charge in [-0.15, -0.1) is 11.6 Å². The fourth-order valence-electron chi connectivity index (χ4n) is 6.26. The van der Waals surface area contributed by atoms with Gasteiger partial charge in [0.15, 0.2) is 0 Å². The summed E-state index contributed by atoms with van der Waals surface area (Å²) in [6.45, 7) is 0.256. The Bertz CT molecular complexity index is 2350. The van der Waals surface area contributed by atoms with Gasteiger partial charge in [0.05, 0.1) is 5.69 Å². The van der Waals surface area contributed by atoms with Crippen molar-refractivity contribution in [2.75, 3.05) is 33.7 Å². The number of hydrogen-bond donors (Lipinski definition) is 7. The number of amides is 3. The molecule has 0 fully saturated rings. The van der Waals surface area contributed by atoms with E-state index in [0.29, 0.717) is 56.6 Å². The zero-order valence-electron chi connectivity index (χ0n) is 25.6. The molecule has 0 aliphatic carbocycles. The lowest BCUT2D eigenvalue weighted by Crippen LogP contribution is -2.30.